The quantitative estimate of drug-likeness (QED) is 0.624. The second-order valence-electron chi connectivity index (χ2n) is 4.87. The van der Waals surface area contributed by atoms with Crippen LogP contribution in [0.1, 0.15) is 37.0 Å². The Morgan fingerprint density at radius 1 is 1.00 bits per heavy atom. The van der Waals surface area contributed by atoms with Crippen molar-refractivity contribution in [1.29, 1.82) is 0 Å². The average molecular weight is 264 g/mol. The van der Waals surface area contributed by atoms with Crippen LogP contribution in [0.3, 0.4) is 0 Å². The first-order valence-electron chi connectivity index (χ1n) is 7.07. The Labute approximate surface area is 123 Å². The molecule has 0 N–H and O–H groups in total. The molecule has 2 aromatic carbocycles. The molecule has 2 rings (SSSR count). The van der Waals surface area contributed by atoms with E-state index in [1.165, 1.54) is 16.7 Å². The smallest absolute Gasteiger partial charge is 0.0233 e. The summed E-state index contributed by atoms with van der Waals surface area (Å²) in [5.74, 6) is 0. The van der Waals surface area contributed by atoms with Gasteiger partial charge in [0.1, 0.15) is 0 Å². The number of benzene rings is 2. The molecule has 0 aromatic heterocycles. The Hall–Kier alpha value is -2.08. The summed E-state index contributed by atoms with van der Waals surface area (Å²) in [6.07, 6.45) is 5.43. The number of hydrogen-bond donors (Lipinski definition) is 0. The number of hydrogen-bond acceptors (Lipinski definition) is 0. The highest BCUT2D eigenvalue weighted by molar-refractivity contribution is 5.60. The van der Waals surface area contributed by atoms with Crippen molar-refractivity contribution in [2.75, 3.05) is 0 Å². The lowest BCUT2D eigenvalue weighted by molar-refractivity contribution is 1.23. The van der Waals surface area contributed by atoms with Crippen molar-refractivity contribution >= 4 is 11.6 Å². The van der Waals surface area contributed by atoms with E-state index in [4.69, 9.17) is 0 Å². The lowest BCUT2D eigenvalue weighted by atomic mass is 10.1. The van der Waals surface area contributed by atoms with E-state index in [-0.39, 0.29) is 0 Å². The summed E-state index contributed by atoms with van der Waals surface area (Å²) in [4.78, 5) is 0. The Kier molecular flexibility index (Phi) is 7.13. The molecule has 0 unspecified atom stereocenters. The Bertz CT molecular complexity index is 530. The summed E-state index contributed by atoms with van der Waals surface area (Å²) in [6, 6.07) is 18.7. The third kappa shape index (κ3) is 6.19. The molecule has 0 aliphatic heterocycles. The molecular weight excluding hydrogens is 240 g/mol. The van der Waals surface area contributed by atoms with Crippen LogP contribution in [0.25, 0.3) is 11.6 Å². The van der Waals surface area contributed by atoms with Gasteiger partial charge in [0.25, 0.3) is 0 Å². The molecule has 0 aliphatic rings. The monoisotopic (exact) mass is 264 g/mol. The van der Waals surface area contributed by atoms with Gasteiger partial charge in [-0.1, -0.05) is 91.4 Å². The van der Waals surface area contributed by atoms with Gasteiger partial charge in [0.05, 0.1) is 0 Å². The summed E-state index contributed by atoms with van der Waals surface area (Å²) >= 11 is 0. The van der Waals surface area contributed by atoms with Crippen LogP contribution in [0, 0.1) is 6.92 Å². The van der Waals surface area contributed by atoms with E-state index in [2.05, 4.69) is 69.0 Å². The van der Waals surface area contributed by atoms with E-state index in [0.717, 1.165) is 12.0 Å². The molecule has 0 bridgehead atoms. The summed E-state index contributed by atoms with van der Waals surface area (Å²) in [6.45, 7) is 10.1. The molecule has 20 heavy (non-hydrogen) atoms. The fourth-order valence-electron chi connectivity index (χ4n) is 1.65. The second kappa shape index (κ2) is 8.92. The molecule has 0 amide bonds. The van der Waals surface area contributed by atoms with Crippen LogP contribution in [0.15, 0.2) is 67.3 Å². The molecule has 0 spiro atoms. The molecule has 0 atom stereocenters. The fraction of sp³-hybridized carbons (Fsp3) is 0.200. The van der Waals surface area contributed by atoms with Crippen molar-refractivity contribution in [2.24, 2.45) is 0 Å². The largest absolute Gasteiger partial charge is 0.0955 e. The first-order valence-corrected chi connectivity index (χ1v) is 7.07. The van der Waals surface area contributed by atoms with Crippen molar-refractivity contribution < 1.29 is 0 Å². The van der Waals surface area contributed by atoms with Gasteiger partial charge in [-0.15, -0.1) is 0 Å². The second-order valence-corrected chi connectivity index (χ2v) is 4.87. The maximum Gasteiger partial charge on any atom is -0.0233 e. The molecule has 0 saturated carbocycles. The highest BCUT2D eigenvalue weighted by atomic mass is 13.9. The van der Waals surface area contributed by atoms with Crippen molar-refractivity contribution in [3.05, 3.63) is 83.9 Å². The summed E-state index contributed by atoms with van der Waals surface area (Å²) in [5, 5.41) is 0. The number of aryl methyl sites for hydroxylation is 1. The minimum absolute atomic E-state index is 1.11. The van der Waals surface area contributed by atoms with Gasteiger partial charge in [0, 0.05) is 0 Å². The van der Waals surface area contributed by atoms with Crippen molar-refractivity contribution in [2.45, 2.75) is 27.2 Å². The van der Waals surface area contributed by atoms with Crippen LogP contribution in [0.4, 0.5) is 0 Å². The Morgan fingerprint density at radius 3 is 2.05 bits per heavy atom. The molecule has 104 valence electrons. The molecule has 0 nitrogen and oxygen atoms in total. The molecule has 0 heteroatoms. The summed E-state index contributed by atoms with van der Waals surface area (Å²) in [5.41, 5.74) is 4.95. The van der Waals surface area contributed by atoms with Crippen molar-refractivity contribution in [3.8, 4) is 0 Å². The zero-order valence-electron chi connectivity index (χ0n) is 12.8. The third-order valence-corrected chi connectivity index (χ3v) is 2.89. The third-order valence-electron chi connectivity index (χ3n) is 2.89. The predicted molar refractivity (Wildman–Crippen MR) is 91.7 cm³/mol. The average Bonchev–Trinajstić information content (AvgIpc) is 2.48. The first kappa shape index (κ1) is 16.0. The minimum Gasteiger partial charge on any atom is -0.0955 e. The van der Waals surface area contributed by atoms with E-state index in [1.807, 2.05) is 25.1 Å². The van der Waals surface area contributed by atoms with E-state index in [9.17, 15) is 0 Å². The van der Waals surface area contributed by atoms with Crippen LogP contribution in [0.5, 0.6) is 0 Å². The van der Waals surface area contributed by atoms with Gasteiger partial charge in [-0.05, 0) is 31.4 Å². The van der Waals surface area contributed by atoms with Gasteiger partial charge < -0.3 is 0 Å². The van der Waals surface area contributed by atoms with Gasteiger partial charge >= 0.3 is 0 Å². The lowest BCUT2D eigenvalue weighted by Gasteiger charge is -1.94. The van der Waals surface area contributed by atoms with E-state index in [0.29, 0.717) is 0 Å². The molecule has 0 radical (unpaired) electrons. The molecule has 0 fully saturated rings. The van der Waals surface area contributed by atoms with Crippen LogP contribution in [0.2, 0.25) is 0 Å². The topological polar surface area (TPSA) is 0 Å². The molecule has 0 heterocycles. The Balaban J connectivity index is 0.000000204. The maximum absolute atomic E-state index is 3.83. The van der Waals surface area contributed by atoms with Crippen molar-refractivity contribution in [3.63, 3.8) is 0 Å². The molecule has 0 aliphatic carbocycles. The van der Waals surface area contributed by atoms with E-state index in [1.54, 1.807) is 0 Å². The van der Waals surface area contributed by atoms with Crippen molar-refractivity contribution in [1.82, 2.24) is 0 Å². The molecular formula is C20H24. The zero-order chi connectivity index (χ0) is 14.8. The maximum atomic E-state index is 3.83. The molecule has 2 aromatic rings. The fourth-order valence-corrected chi connectivity index (χ4v) is 1.65. The molecule has 0 saturated heterocycles. The van der Waals surface area contributed by atoms with Crippen LogP contribution in [-0.4, -0.2) is 0 Å². The van der Waals surface area contributed by atoms with Gasteiger partial charge in [0.2, 0.25) is 0 Å². The number of rotatable bonds is 3. The zero-order valence-corrected chi connectivity index (χ0v) is 12.8. The highest BCUT2D eigenvalue weighted by Gasteiger charge is 1.86. The van der Waals surface area contributed by atoms with Crippen LogP contribution >= 0.6 is 0 Å². The summed E-state index contributed by atoms with van der Waals surface area (Å²) < 4.78 is 0. The first-order chi connectivity index (χ1) is 9.63. The van der Waals surface area contributed by atoms with Crippen LogP contribution < -0.4 is 0 Å². The SMILES string of the molecule is C=C(C)c1ccccc1.CC/C=C/c1ccc(C)cc1. The van der Waals surface area contributed by atoms with E-state index >= 15 is 0 Å². The van der Waals surface area contributed by atoms with E-state index < -0.39 is 0 Å². The lowest BCUT2D eigenvalue weighted by Crippen LogP contribution is -1.72. The standard InChI is InChI=1S/C11H14.C9H10/c1-3-4-5-11-8-6-10(2)7-9-11;1-8(2)9-6-4-3-5-7-9/h4-9H,3H2,1-2H3;3-7H,1H2,2H3/b5-4+;. The summed E-state index contributed by atoms with van der Waals surface area (Å²) in [7, 11) is 0. The predicted octanol–water partition coefficient (Wildman–Crippen LogP) is 6.14. The van der Waals surface area contributed by atoms with Crippen LogP contribution in [-0.2, 0) is 0 Å². The van der Waals surface area contributed by atoms with Gasteiger partial charge in [-0.3, -0.25) is 0 Å². The highest BCUT2D eigenvalue weighted by Crippen LogP contribution is 2.08. The number of allylic oxidation sites excluding steroid dienone is 2. The minimum atomic E-state index is 1.11. The van der Waals surface area contributed by atoms with Gasteiger partial charge in [0.15, 0.2) is 0 Å². The van der Waals surface area contributed by atoms with Gasteiger partial charge in [-0.2, -0.15) is 0 Å². The normalized spacial score (nSPS) is 9.95. The Morgan fingerprint density at radius 2 is 1.60 bits per heavy atom. The van der Waals surface area contributed by atoms with Gasteiger partial charge in [-0.25, -0.2) is 0 Å².